The number of unbranched alkanes of at least 4 members (excludes halogenated alkanes) is 58. The molecule has 3 N–H and O–H groups in total. The van der Waals surface area contributed by atoms with Crippen molar-refractivity contribution in [3.05, 3.63) is 0 Å². The SMILES string of the molecule is CCCCCCCCCCCCCCCCCCCCCC(=O)OC[C@H](COP(=O)(O)OC[C@@H](O)COP(=O)(O)OC[C@@H](COC(=O)CCCCCCCCCCC(C)C)OC(=O)CCCCCCCCCCCCCCCCCC)OC(=O)CCCCCCCCCCCCCCCCCCCCC. The average molecular weight is 1540 g/mol. The van der Waals surface area contributed by atoms with Crippen LogP contribution in [0.2, 0.25) is 0 Å². The monoisotopic (exact) mass is 1540 g/mol. The molecule has 624 valence electrons. The maximum Gasteiger partial charge on any atom is 0.472 e. The summed E-state index contributed by atoms with van der Waals surface area (Å²) in [5.74, 6) is -1.37. The van der Waals surface area contributed by atoms with Gasteiger partial charge in [-0.15, -0.1) is 0 Å². The maximum absolute atomic E-state index is 13.1. The lowest BCUT2D eigenvalue weighted by atomic mass is 10.0. The first-order valence-electron chi connectivity index (χ1n) is 44.6. The molecule has 0 aromatic carbocycles. The van der Waals surface area contributed by atoms with Crippen LogP contribution in [0.15, 0.2) is 0 Å². The first-order chi connectivity index (χ1) is 51.0. The number of carbonyl (C=O) groups excluding carboxylic acids is 4. The van der Waals surface area contributed by atoms with Crippen molar-refractivity contribution < 1.29 is 80.2 Å². The summed E-state index contributed by atoms with van der Waals surface area (Å²) in [6, 6.07) is 0. The van der Waals surface area contributed by atoms with Crippen LogP contribution in [0, 0.1) is 5.92 Å². The van der Waals surface area contributed by atoms with E-state index in [-0.39, 0.29) is 25.7 Å². The molecule has 0 spiro atoms. The molecule has 0 aliphatic rings. The van der Waals surface area contributed by atoms with E-state index in [9.17, 15) is 43.2 Å². The Labute approximate surface area is 645 Å². The normalized spacial score (nSPS) is 13.8. The molecule has 2 unspecified atom stereocenters. The van der Waals surface area contributed by atoms with Crippen LogP contribution in [0.25, 0.3) is 0 Å². The first kappa shape index (κ1) is 103. The van der Waals surface area contributed by atoms with E-state index < -0.39 is 97.5 Å². The lowest BCUT2D eigenvalue weighted by molar-refractivity contribution is -0.161. The van der Waals surface area contributed by atoms with Crippen molar-refractivity contribution in [1.29, 1.82) is 0 Å². The van der Waals surface area contributed by atoms with Gasteiger partial charge in [0.25, 0.3) is 0 Å². The van der Waals surface area contributed by atoms with Crippen LogP contribution in [0.3, 0.4) is 0 Å². The summed E-state index contributed by atoms with van der Waals surface area (Å²) in [6.07, 6.45) is 72.3. The van der Waals surface area contributed by atoms with Crippen LogP contribution in [0.1, 0.15) is 465 Å². The molecule has 0 fully saturated rings. The highest BCUT2D eigenvalue weighted by atomic mass is 31.2. The van der Waals surface area contributed by atoms with E-state index >= 15 is 0 Å². The Balaban J connectivity index is 5.24. The number of hydrogen-bond donors (Lipinski definition) is 3. The number of carbonyl (C=O) groups is 4. The first-order valence-corrected chi connectivity index (χ1v) is 47.6. The quantitative estimate of drug-likeness (QED) is 0.0222. The van der Waals surface area contributed by atoms with Gasteiger partial charge in [-0.25, -0.2) is 9.13 Å². The second kappa shape index (κ2) is 78.7. The molecule has 0 aromatic heterocycles. The number of phosphoric ester groups is 2. The molecular formula is C86H168O17P2. The van der Waals surface area contributed by atoms with Gasteiger partial charge in [0.15, 0.2) is 12.2 Å². The number of hydrogen-bond acceptors (Lipinski definition) is 15. The molecule has 0 aromatic rings. The fourth-order valence-electron chi connectivity index (χ4n) is 13.5. The summed E-state index contributed by atoms with van der Waals surface area (Å²) in [4.78, 5) is 73.2. The molecule has 17 nitrogen and oxygen atoms in total. The Morgan fingerprint density at radius 1 is 0.257 bits per heavy atom. The third-order valence-corrected chi connectivity index (χ3v) is 22.2. The lowest BCUT2D eigenvalue weighted by Crippen LogP contribution is -2.30. The fourth-order valence-corrected chi connectivity index (χ4v) is 15.1. The zero-order chi connectivity index (χ0) is 76.9. The second-order valence-corrected chi connectivity index (χ2v) is 34.3. The van der Waals surface area contributed by atoms with Crippen molar-refractivity contribution >= 4 is 39.5 Å². The Morgan fingerprint density at radius 3 is 0.648 bits per heavy atom. The van der Waals surface area contributed by atoms with Gasteiger partial charge in [0.1, 0.15) is 19.3 Å². The third-order valence-electron chi connectivity index (χ3n) is 20.3. The summed E-state index contributed by atoms with van der Waals surface area (Å²) >= 11 is 0. The van der Waals surface area contributed by atoms with Gasteiger partial charge in [-0.1, -0.05) is 413 Å². The Kier molecular flexibility index (Phi) is 77.3. The van der Waals surface area contributed by atoms with Crippen LogP contribution in [-0.4, -0.2) is 96.7 Å². The number of phosphoric acid groups is 2. The van der Waals surface area contributed by atoms with Crippen molar-refractivity contribution in [3.8, 4) is 0 Å². The summed E-state index contributed by atoms with van der Waals surface area (Å²) in [5, 5.41) is 10.7. The summed E-state index contributed by atoms with van der Waals surface area (Å²) in [6.45, 7) is 7.33. The zero-order valence-corrected chi connectivity index (χ0v) is 70.7. The van der Waals surface area contributed by atoms with Gasteiger partial charge in [-0.2, -0.15) is 0 Å². The summed E-state index contributed by atoms with van der Waals surface area (Å²) in [5.41, 5.74) is 0. The highest BCUT2D eigenvalue weighted by Gasteiger charge is 2.30. The van der Waals surface area contributed by atoms with E-state index in [1.807, 2.05) is 0 Å². The van der Waals surface area contributed by atoms with Crippen LogP contribution in [-0.2, 0) is 65.4 Å². The van der Waals surface area contributed by atoms with Gasteiger partial charge >= 0.3 is 39.5 Å². The smallest absolute Gasteiger partial charge is 0.462 e. The number of rotatable bonds is 86. The molecule has 19 heteroatoms. The number of ether oxygens (including phenoxy) is 4. The van der Waals surface area contributed by atoms with E-state index in [4.69, 9.17) is 37.0 Å². The van der Waals surface area contributed by atoms with E-state index in [1.165, 1.54) is 289 Å². The van der Waals surface area contributed by atoms with Crippen molar-refractivity contribution in [2.45, 2.75) is 483 Å². The second-order valence-electron chi connectivity index (χ2n) is 31.4. The topological polar surface area (TPSA) is 237 Å². The lowest BCUT2D eigenvalue weighted by Gasteiger charge is -2.21. The van der Waals surface area contributed by atoms with Crippen LogP contribution in [0.4, 0.5) is 0 Å². The standard InChI is InChI=1S/C86H168O17P2/c1-6-9-12-15-18-21-24-27-30-33-35-37-40-42-45-48-54-59-64-69-83(88)96-75-81(102-85(90)72-67-62-57-50-47-44-41-38-36-34-31-28-25-22-19-16-13-10-7-2)77-100-104(92,93)98-73-80(87)74-99-105(94,95)101-78-82(76-97-84(89)70-65-60-55-52-51-53-58-63-68-79(4)5)103-86(91)71-66-61-56-49-46-43-39-32-29-26-23-20-17-14-11-8-3/h79-82,87H,6-78H2,1-5H3,(H,92,93)(H,94,95)/t80-,81-,82-/m1/s1. The molecule has 5 atom stereocenters. The van der Waals surface area contributed by atoms with Gasteiger partial charge in [0.05, 0.1) is 26.4 Å². The highest BCUT2D eigenvalue weighted by Crippen LogP contribution is 2.45. The minimum Gasteiger partial charge on any atom is -0.462 e. The van der Waals surface area contributed by atoms with Gasteiger partial charge in [-0.05, 0) is 31.6 Å². The van der Waals surface area contributed by atoms with Crippen molar-refractivity contribution in [2.75, 3.05) is 39.6 Å². The predicted molar refractivity (Wildman–Crippen MR) is 432 cm³/mol. The Bertz CT molecular complexity index is 2000. The number of aliphatic hydroxyl groups excluding tert-OH is 1. The van der Waals surface area contributed by atoms with Gasteiger partial charge < -0.3 is 33.8 Å². The maximum atomic E-state index is 13.1. The van der Waals surface area contributed by atoms with Gasteiger partial charge in [0, 0.05) is 25.7 Å². The Morgan fingerprint density at radius 2 is 0.438 bits per heavy atom. The predicted octanol–water partition coefficient (Wildman–Crippen LogP) is 26.4. The van der Waals surface area contributed by atoms with Crippen molar-refractivity contribution in [3.63, 3.8) is 0 Å². The molecule has 0 bridgehead atoms. The van der Waals surface area contributed by atoms with E-state index in [2.05, 4.69) is 34.6 Å². The Hall–Kier alpha value is -1.94. The van der Waals surface area contributed by atoms with Crippen molar-refractivity contribution in [2.24, 2.45) is 5.92 Å². The molecule has 105 heavy (non-hydrogen) atoms. The van der Waals surface area contributed by atoms with E-state index in [0.717, 1.165) is 95.8 Å². The number of aliphatic hydroxyl groups is 1. The van der Waals surface area contributed by atoms with Crippen molar-refractivity contribution in [1.82, 2.24) is 0 Å². The minimum absolute atomic E-state index is 0.108. The summed E-state index contributed by atoms with van der Waals surface area (Å²) in [7, 11) is -9.93. The van der Waals surface area contributed by atoms with Crippen LogP contribution < -0.4 is 0 Å². The number of esters is 4. The molecule has 0 aliphatic carbocycles. The highest BCUT2D eigenvalue weighted by molar-refractivity contribution is 7.47. The largest absolute Gasteiger partial charge is 0.472 e. The van der Waals surface area contributed by atoms with Crippen LogP contribution in [0.5, 0.6) is 0 Å². The molecule has 0 radical (unpaired) electrons. The molecule has 0 saturated heterocycles. The van der Waals surface area contributed by atoms with Crippen LogP contribution >= 0.6 is 15.6 Å². The molecule has 0 aliphatic heterocycles. The molecule has 0 rings (SSSR count). The molecule has 0 amide bonds. The van der Waals surface area contributed by atoms with Gasteiger partial charge in [0.2, 0.25) is 0 Å². The zero-order valence-electron chi connectivity index (χ0n) is 68.9. The van der Waals surface area contributed by atoms with E-state index in [1.54, 1.807) is 0 Å². The molecule has 0 saturated carbocycles. The molecule has 0 heterocycles. The minimum atomic E-state index is -4.97. The van der Waals surface area contributed by atoms with Gasteiger partial charge in [-0.3, -0.25) is 37.3 Å². The summed E-state index contributed by atoms with van der Waals surface area (Å²) < 4.78 is 68.9. The average Bonchev–Trinajstić information content (AvgIpc) is 0.917. The van der Waals surface area contributed by atoms with E-state index in [0.29, 0.717) is 25.7 Å². The molecular weight excluding hydrogens is 1370 g/mol. The third kappa shape index (κ3) is 79.9. The fraction of sp³-hybridized carbons (Fsp3) is 0.953.